The molecule has 0 aliphatic heterocycles. The van der Waals surface area contributed by atoms with Gasteiger partial charge >= 0.3 is 0 Å². The highest BCUT2D eigenvalue weighted by Crippen LogP contribution is 1.95. The minimum atomic E-state index is 0.610. The number of aliphatic imine (C=N–C) groups is 1. The van der Waals surface area contributed by atoms with Crippen molar-refractivity contribution in [2.45, 2.75) is 19.8 Å². The Morgan fingerprint density at radius 3 is 3.05 bits per heavy atom. The molecule has 1 heterocycles. The smallest absolute Gasteiger partial charge is 0.205 e. The molecule has 0 aromatic carbocycles. The average Bonchev–Trinajstić information content (AvgIpc) is 2.82. The number of hydrogen-bond acceptors (Lipinski definition) is 4. The number of nitrogens with one attached hydrogen (secondary N) is 2. The molecule has 7 nitrogen and oxygen atoms in total. The van der Waals surface area contributed by atoms with E-state index in [1.165, 1.54) is 5.69 Å². The van der Waals surface area contributed by atoms with Crippen molar-refractivity contribution in [1.82, 2.24) is 20.5 Å². The summed E-state index contributed by atoms with van der Waals surface area (Å²) in [5.41, 5.74) is 3.73. The lowest BCUT2D eigenvalue weighted by Crippen LogP contribution is -2.42. The number of ether oxygens (including phenoxy) is 1. The van der Waals surface area contributed by atoms with Crippen molar-refractivity contribution in [2.24, 2.45) is 17.9 Å². The Balaban J connectivity index is 2.20. The van der Waals surface area contributed by atoms with E-state index in [0.29, 0.717) is 12.5 Å². The summed E-state index contributed by atoms with van der Waals surface area (Å²) < 4.78 is 7.10. The van der Waals surface area contributed by atoms with Crippen LogP contribution in [-0.2, 0) is 18.2 Å². The number of nitrogens with two attached hydrogens (primary N) is 1. The Morgan fingerprint density at radius 2 is 2.42 bits per heavy atom. The number of hydrazine groups is 1. The van der Waals surface area contributed by atoms with Crippen LogP contribution in [0.1, 0.15) is 19.0 Å². The Hall–Kier alpha value is -1.60. The minimum Gasteiger partial charge on any atom is -0.382 e. The fourth-order valence-electron chi connectivity index (χ4n) is 1.61. The molecule has 0 saturated heterocycles. The second-order valence-corrected chi connectivity index (χ2v) is 4.05. The number of aromatic nitrogens is 2. The highest BCUT2D eigenvalue weighted by molar-refractivity contribution is 5.79. The Morgan fingerprint density at radius 1 is 1.58 bits per heavy atom. The largest absolute Gasteiger partial charge is 0.382 e. The molecule has 0 amide bonds. The number of hydrogen-bond donors (Lipinski definition) is 3. The number of aryl methyl sites for hydroxylation is 1. The third kappa shape index (κ3) is 6.21. The second-order valence-electron chi connectivity index (χ2n) is 4.05. The van der Waals surface area contributed by atoms with E-state index in [0.717, 1.165) is 32.6 Å². The van der Waals surface area contributed by atoms with Gasteiger partial charge in [0.05, 0.1) is 0 Å². The maximum absolute atomic E-state index is 5.41. The zero-order chi connectivity index (χ0) is 13.9. The Bertz CT molecular complexity index is 376. The van der Waals surface area contributed by atoms with Gasteiger partial charge in [-0.25, -0.2) is 5.84 Å². The van der Waals surface area contributed by atoms with Crippen molar-refractivity contribution >= 4 is 5.96 Å². The van der Waals surface area contributed by atoms with Gasteiger partial charge in [-0.3, -0.25) is 15.1 Å². The summed E-state index contributed by atoms with van der Waals surface area (Å²) in [6, 6.07) is 2.00. The van der Waals surface area contributed by atoms with Gasteiger partial charge in [-0.05, 0) is 19.4 Å². The molecule has 0 unspecified atom stereocenters. The Labute approximate surface area is 114 Å². The highest BCUT2D eigenvalue weighted by Gasteiger charge is 1.99. The molecule has 0 radical (unpaired) electrons. The van der Waals surface area contributed by atoms with Crippen LogP contribution in [0.5, 0.6) is 0 Å². The maximum Gasteiger partial charge on any atom is 0.205 e. The van der Waals surface area contributed by atoms with Crippen LogP contribution in [0.2, 0.25) is 0 Å². The third-order valence-corrected chi connectivity index (χ3v) is 2.65. The van der Waals surface area contributed by atoms with E-state index in [1.54, 1.807) is 6.20 Å². The molecule has 0 saturated carbocycles. The van der Waals surface area contributed by atoms with E-state index in [1.807, 2.05) is 24.7 Å². The summed E-state index contributed by atoms with van der Waals surface area (Å²) in [6.45, 7) is 4.91. The summed E-state index contributed by atoms with van der Waals surface area (Å²) in [6.07, 6.45) is 3.55. The number of guanidine groups is 1. The van der Waals surface area contributed by atoms with Crippen LogP contribution in [0, 0.1) is 0 Å². The number of nitrogens with zero attached hydrogens (tertiary/aromatic N) is 3. The molecule has 0 bridgehead atoms. The van der Waals surface area contributed by atoms with Crippen LogP contribution in [0.15, 0.2) is 17.3 Å². The van der Waals surface area contributed by atoms with Gasteiger partial charge in [0.25, 0.3) is 0 Å². The SMILES string of the molecule is CCOCCCN=C(NN)NCCc1ccnn1C. The van der Waals surface area contributed by atoms with E-state index >= 15 is 0 Å². The lowest BCUT2D eigenvalue weighted by atomic mass is 10.3. The average molecular weight is 268 g/mol. The van der Waals surface area contributed by atoms with Crippen molar-refractivity contribution in [2.75, 3.05) is 26.3 Å². The molecule has 0 spiro atoms. The van der Waals surface area contributed by atoms with Crippen molar-refractivity contribution in [3.63, 3.8) is 0 Å². The van der Waals surface area contributed by atoms with Gasteiger partial charge in [0.2, 0.25) is 5.96 Å². The van der Waals surface area contributed by atoms with Crippen molar-refractivity contribution in [3.05, 3.63) is 18.0 Å². The summed E-state index contributed by atoms with van der Waals surface area (Å²) in [4.78, 5) is 4.32. The van der Waals surface area contributed by atoms with E-state index in [9.17, 15) is 0 Å². The van der Waals surface area contributed by atoms with Gasteiger partial charge in [-0.1, -0.05) is 0 Å². The molecule has 0 aliphatic carbocycles. The van der Waals surface area contributed by atoms with Gasteiger partial charge in [-0.2, -0.15) is 5.10 Å². The standard InChI is InChI=1S/C12H24N6O/c1-3-19-10-4-7-14-12(17-13)15-8-5-11-6-9-16-18(11)2/h6,9H,3-5,7-8,10,13H2,1-2H3,(H2,14,15,17). The van der Waals surface area contributed by atoms with Crippen LogP contribution in [0.3, 0.4) is 0 Å². The quantitative estimate of drug-likeness (QED) is 0.200. The molecular formula is C12H24N6O. The summed E-state index contributed by atoms with van der Waals surface area (Å²) in [5.74, 6) is 6.02. The molecule has 1 aromatic heterocycles. The molecule has 1 aromatic rings. The van der Waals surface area contributed by atoms with Gasteiger partial charge in [0.15, 0.2) is 0 Å². The van der Waals surface area contributed by atoms with Crippen molar-refractivity contribution in [3.8, 4) is 0 Å². The predicted octanol–water partition coefficient (Wildman–Crippen LogP) is -0.202. The van der Waals surface area contributed by atoms with Crippen LogP contribution in [0.25, 0.3) is 0 Å². The molecule has 0 aliphatic rings. The molecule has 7 heteroatoms. The van der Waals surface area contributed by atoms with E-state index in [-0.39, 0.29) is 0 Å². The second kappa shape index (κ2) is 9.35. The fourth-order valence-corrected chi connectivity index (χ4v) is 1.61. The van der Waals surface area contributed by atoms with Gasteiger partial charge in [0, 0.05) is 51.7 Å². The molecule has 19 heavy (non-hydrogen) atoms. The molecule has 0 atom stereocenters. The van der Waals surface area contributed by atoms with Crippen LogP contribution in [0.4, 0.5) is 0 Å². The van der Waals surface area contributed by atoms with Crippen LogP contribution < -0.4 is 16.6 Å². The lowest BCUT2D eigenvalue weighted by Gasteiger charge is -2.09. The normalized spacial score (nSPS) is 11.6. The number of rotatable bonds is 8. The zero-order valence-electron chi connectivity index (χ0n) is 11.7. The van der Waals surface area contributed by atoms with E-state index in [4.69, 9.17) is 10.6 Å². The maximum atomic E-state index is 5.41. The molecule has 108 valence electrons. The first-order valence-corrected chi connectivity index (χ1v) is 6.57. The first-order chi connectivity index (χ1) is 9.27. The molecule has 1 rings (SSSR count). The van der Waals surface area contributed by atoms with E-state index in [2.05, 4.69) is 20.8 Å². The van der Waals surface area contributed by atoms with Crippen LogP contribution >= 0.6 is 0 Å². The topological polar surface area (TPSA) is 89.5 Å². The van der Waals surface area contributed by atoms with Crippen molar-refractivity contribution < 1.29 is 4.74 Å². The summed E-state index contributed by atoms with van der Waals surface area (Å²) >= 11 is 0. The lowest BCUT2D eigenvalue weighted by molar-refractivity contribution is 0.146. The first kappa shape index (κ1) is 15.5. The predicted molar refractivity (Wildman–Crippen MR) is 75.6 cm³/mol. The third-order valence-electron chi connectivity index (χ3n) is 2.65. The fraction of sp³-hybridized carbons (Fsp3) is 0.667. The summed E-state index contributed by atoms with van der Waals surface area (Å²) in [7, 11) is 1.93. The van der Waals surface area contributed by atoms with Crippen LogP contribution in [-0.4, -0.2) is 42.0 Å². The molecule has 0 fully saturated rings. The summed E-state index contributed by atoms with van der Waals surface area (Å²) in [5, 5.41) is 7.27. The van der Waals surface area contributed by atoms with Gasteiger partial charge in [-0.15, -0.1) is 0 Å². The zero-order valence-corrected chi connectivity index (χ0v) is 11.7. The monoisotopic (exact) mass is 268 g/mol. The molecular weight excluding hydrogens is 244 g/mol. The van der Waals surface area contributed by atoms with Gasteiger partial charge in [0.1, 0.15) is 0 Å². The first-order valence-electron chi connectivity index (χ1n) is 6.57. The van der Waals surface area contributed by atoms with Crippen molar-refractivity contribution in [1.29, 1.82) is 0 Å². The van der Waals surface area contributed by atoms with Gasteiger partial charge < -0.3 is 10.1 Å². The minimum absolute atomic E-state index is 0.610. The molecule has 4 N–H and O–H groups in total. The highest BCUT2D eigenvalue weighted by atomic mass is 16.5. The van der Waals surface area contributed by atoms with E-state index < -0.39 is 0 Å². The Kier molecular flexibility index (Phi) is 7.60.